The van der Waals surface area contributed by atoms with Crippen LogP contribution in [-0.2, 0) is 9.26 Å². The van der Waals surface area contributed by atoms with E-state index in [1.54, 1.807) is 0 Å². The third-order valence-corrected chi connectivity index (χ3v) is 2.76. The number of hydrogen-bond donors (Lipinski definition) is 1. The van der Waals surface area contributed by atoms with Crippen molar-refractivity contribution in [1.29, 1.82) is 0 Å². The van der Waals surface area contributed by atoms with Crippen LogP contribution in [-0.4, -0.2) is 12.3 Å². The predicted octanol–water partition coefficient (Wildman–Crippen LogP) is 2.00. The molecule has 0 saturated heterocycles. The molecule has 82 valence electrons. The third-order valence-electron chi connectivity index (χ3n) is 2.45. The summed E-state index contributed by atoms with van der Waals surface area (Å²) < 4.78 is 10.9. The maximum absolute atomic E-state index is 5.86. The lowest BCUT2D eigenvalue weighted by molar-refractivity contribution is -0.0287. The van der Waals surface area contributed by atoms with Gasteiger partial charge in [0.15, 0.2) is 0 Å². The van der Waals surface area contributed by atoms with Crippen LogP contribution < -0.4 is 5.73 Å². The van der Waals surface area contributed by atoms with Crippen LogP contribution in [0.25, 0.3) is 0 Å². The van der Waals surface area contributed by atoms with Crippen molar-refractivity contribution in [3.05, 3.63) is 35.9 Å². The van der Waals surface area contributed by atoms with E-state index in [1.165, 1.54) is 0 Å². The summed E-state index contributed by atoms with van der Waals surface area (Å²) in [6.07, 6.45) is 2.02. The molecule has 3 nitrogen and oxygen atoms in total. The Morgan fingerprint density at radius 2 is 1.93 bits per heavy atom. The molecule has 1 aliphatic carbocycles. The van der Waals surface area contributed by atoms with Crippen LogP contribution in [0.1, 0.15) is 24.5 Å². The molecule has 0 aliphatic heterocycles. The predicted molar refractivity (Wildman–Crippen MR) is 62.1 cm³/mol. The Balaban J connectivity index is 2.09. The van der Waals surface area contributed by atoms with E-state index in [-0.39, 0.29) is 6.10 Å². The lowest BCUT2D eigenvalue weighted by Crippen LogP contribution is -2.31. The van der Waals surface area contributed by atoms with E-state index in [9.17, 15) is 0 Å². The van der Waals surface area contributed by atoms with Crippen molar-refractivity contribution >= 4 is 9.47 Å². The molecule has 3 atom stereocenters. The van der Waals surface area contributed by atoms with Gasteiger partial charge in [0, 0.05) is 9.47 Å². The number of benzene rings is 1. The highest BCUT2D eigenvalue weighted by Gasteiger charge is 2.30. The second kappa shape index (κ2) is 5.04. The van der Waals surface area contributed by atoms with Crippen molar-refractivity contribution in [1.82, 2.24) is 0 Å². The van der Waals surface area contributed by atoms with Crippen molar-refractivity contribution in [2.75, 3.05) is 0 Å². The number of rotatable bonds is 5. The summed E-state index contributed by atoms with van der Waals surface area (Å²) >= 11 is 0. The van der Waals surface area contributed by atoms with Gasteiger partial charge < -0.3 is 15.0 Å². The molecule has 0 aromatic heterocycles. The SMILES string of the molecule is NC(OP)C(OC1CC1)c1ccccc1. The zero-order valence-corrected chi connectivity index (χ0v) is 9.66. The third kappa shape index (κ3) is 2.99. The molecule has 0 heterocycles. The Labute approximate surface area is 92.2 Å². The number of hydrogen-bond acceptors (Lipinski definition) is 3. The summed E-state index contributed by atoms with van der Waals surface area (Å²) in [7, 11) is 2.19. The number of ether oxygens (including phenoxy) is 1. The molecule has 2 rings (SSSR count). The molecule has 1 aromatic carbocycles. The number of nitrogens with two attached hydrogens (primary N) is 1. The monoisotopic (exact) mass is 225 g/mol. The quantitative estimate of drug-likeness (QED) is 0.615. The standard InChI is InChI=1S/C11H16NO2P/c12-11(14-15)10(13-9-6-7-9)8-4-2-1-3-5-8/h1-5,9-11H,6-7,12,15H2. The second-order valence-electron chi connectivity index (χ2n) is 3.77. The van der Waals surface area contributed by atoms with Gasteiger partial charge in [-0.05, 0) is 18.4 Å². The minimum Gasteiger partial charge on any atom is -0.366 e. The molecule has 1 saturated carbocycles. The fraction of sp³-hybridized carbons (Fsp3) is 0.455. The molecule has 0 amide bonds. The fourth-order valence-electron chi connectivity index (χ4n) is 1.47. The van der Waals surface area contributed by atoms with Crippen molar-refractivity contribution in [2.24, 2.45) is 5.73 Å². The van der Waals surface area contributed by atoms with Gasteiger partial charge in [-0.3, -0.25) is 0 Å². The van der Waals surface area contributed by atoms with Gasteiger partial charge in [-0.25, -0.2) is 0 Å². The van der Waals surface area contributed by atoms with E-state index in [4.69, 9.17) is 15.0 Å². The van der Waals surface area contributed by atoms with Crippen LogP contribution in [0.4, 0.5) is 0 Å². The molecule has 15 heavy (non-hydrogen) atoms. The molecule has 2 N–H and O–H groups in total. The van der Waals surface area contributed by atoms with Crippen molar-refractivity contribution < 1.29 is 9.26 Å². The van der Waals surface area contributed by atoms with Gasteiger partial charge in [0.25, 0.3) is 0 Å². The van der Waals surface area contributed by atoms with Gasteiger partial charge in [-0.15, -0.1) is 0 Å². The molecular weight excluding hydrogens is 209 g/mol. The summed E-state index contributed by atoms with van der Waals surface area (Å²) in [5.41, 5.74) is 6.93. The lowest BCUT2D eigenvalue weighted by Gasteiger charge is -2.23. The van der Waals surface area contributed by atoms with Crippen LogP contribution >= 0.6 is 9.47 Å². The van der Waals surface area contributed by atoms with E-state index >= 15 is 0 Å². The zero-order chi connectivity index (χ0) is 10.7. The van der Waals surface area contributed by atoms with Crippen LogP contribution in [0, 0.1) is 0 Å². The highest BCUT2D eigenvalue weighted by molar-refractivity contribution is 7.09. The van der Waals surface area contributed by atoms with Crippen LogP contribution in [0.3, 0.4) is 0 Å². The first-order valence-corrected chi connectivity index (χ1v) is 5.60. The van der Waals surface area contributed by atoms with Gasteiger partial charge in [-0.2, -0.15) is 0 Å². The molecule has 3 unspecified atom stereocenters. The van der Waals surface area contributed by atoms with Crippen LogP contribution in [0.5, 0.6) is 0 Å². The summed E-state index contributed by atoms with van der Waals surface area (Å²) in [4.78, 5) is 0. The molecule has 0 spiro atoms. The first-order valence-electron chi connectivity index (χ1n) is 5.13. The maximum Gasteiger partial charge on any atom is 0.139 e. The summed E-state index contributed by atoms with van der Waals surface area (Å²) in [5, 5.41) is 0. The Kier molecular flexibility index (Phi) is 3.71. The topological polar surface area (TPSA) is 44.5 Å². The molecule has 1 aromatic rings. The van der Waals surface area contributed by atoms with Crippen LogP contribution in [0.15, 0.2) is 30.3 Å². The van der Waals surface area contributed by atoms with E-state index in [0.29, 0.717) is 6.10 Å². The molecular formula is C11H16NO2P. The summed E-state index contributed by atoms with van der Waals surface area (Å²) in [5.74, 6) is 0. The zero-order valence-electron chi connectivity index (χ0n) is 8.50. The molecule has 0 bridgehead atoms. The Morgan fingerprint density at radius 3 is 2.47 bits per heavy atom. The minimum absolute atomic E-state index is 0.170. The average molecular weight is 225 g/mol. The Morgan fingerprint density at radius 1 is 1.27 bits per heavy atom. The van der Waals surface area contributed by atoms with Gasteiger partial charge in [-0.1, -0.05) is 30.3 Å². The first kappa shape index (κ1) is 11.0. The van der Waals surface area contributed by atoms with Crippen molar-refractivity contribution in [3.63, 3.8) is 0 Å². The lowest BCUT2D eigenvalue weighted by atomic mass is 10.1. The fourth-order valence-corrected chi connectivity index (χ4v) is 1.61. The van der Waals surface area contributed by atoms with Gasteiger partial charge in [0.2, 0.25) is 0 Å². The normalized spacial score (nSPS) is 19.9. The first-order chi connectivity index (χ1) is 7.31. The van der Waals surface area contributed by atoms with E-state index < -0.39 is 6.23 Å². The van der Waals surface area contributed by atoms with Crippen molar-refractivity contribution in [2.45, 2.75) is 31.3 Å². The Hall–Kier alpha value is -0.470. The summed E-state index contributed by atoms with van der Waals surface area (Å²) in [6, 6.07) is 9.96. The van der Waals surface area contributed by atoms with E-state index in [0.717, 1.165) is 18.4 Å². The minimum atomic E-state index is -0.432. The van der Waals surface area contributed by atoms with E-state index in [2.05, 4.69) is 9.47 Å². The molecule has 1 aliphatic rings. The summed E-state index contributed by atoms with van der Waals surface area (Å²) in [6.45, 7) is 0. The maximum atomic E-state index is 5.86. The second-order valence-corrected chi connectivity index (χ2v) is 4.04. The average Bonchev–Trinajstić information content (AvgIpc) is 3.10. The largest absolute Gasteiger partial charge is 0.366 e. The van der Waals surface area contributed by atoms with Gasteiger partial charge in [0.1, 0.15) is 12.3 Å². The van der Waals surface area contributed by atoms with Crippen LogP contribution in [0.2, 0.25) is 0 Å². The molecule has 1 fully saturated rings. The van der Waals surface area contributed by atoms with Gasteiger partial charge >= 0.3 is 0 Å². The smallest absolute Gasteiger partial charge is 0.139 e. The van der Waals surface area contributed by atoms with Gasteiger partial charge in [0.05, 0.1) is 6.10 Å². The highest BCUT2D eigenvalue weighted by Crippen LogP contribution is 2.32. The van der Waals surface area contributed by atoms with E-state index in [1.807, 2.05) is 30.3 Å². The van der Waals surface area contributed by atoms with Crippen molar-refractivity contribution in [3.8, 4) is 0 Å². The molecule has 4 heteroatoms. The Bertz CT molecular complexity index is 303. The highest BCUT2D eigenvalue weighted by atomic mass is 31.0. The molecule has 0 radical (unpaired) electrons.